The highest BCUT2D eigenvalue weighted by atomic mass is 19.1. The third kappa shape index (κ3) is 5.37. The Morgan fingerprint density at radius 3 is 2.70 bits per heavy atom. The smallest absolute Gasteiger partial charge is 0.225 e. The molecule has 0 aliphatic rings. The number of amides is 1. The van der Waals surface area contributed by atoms with Crippen molar-refractivity contribution in [3.8, 4) is 6.07 Å². The summed E-state index contributed by atoms with van der Waals surface area (Å²) in [7, 11) is 0. The van der Waals surface area contributed by atoms with E-state index in [4.69, 9.17) is 11.0 Å². The Morgan fingerprint density at radius 2 is 2.15 bits per heavy atom. The molecule has 1 amide bonds. The number of hydrogen-bond donors (Lipinski definition) is 2. The summed E-state index contributed by atoms with van der Waals surface area (Å²) in [6.45, 7) is 6.18. The van der Waals surface area contributed by atoms with Crippen molar-refractivity contribution in [1.82, 2.24) is 0 Å². The maximum atomic E-state index is 13.1. The fourth-order valence-corrected chi connectivity index (χ4v) is 2.00. The number of benzene rings is 1. The van der Waals surface area contributed by atoms with Crippen molar-refractivity contribution in [3.63, 3.8) is 0 Å². The quantitative estimate of drug-likeness (QED) is 0.888. The van der Waals surface area contributed by atoms with E-state index in [1.54, 1.807) is 6.07 Å². The Kier molecular flexibility index (Phi) is 5.23. The largest absolute Gasteiger partial charge is 0.327 e. The molecule has 0 fully saturated rings. The number of carbonyl (C=O) groups excluding carboxylic acids is 1. The van der Waals surface area contributed by atoms with Gasteiger partial charge in [0, 0.05) is 18.2 Å². The second-order valence-electron chi connectivity index (χ2n) is 6.08. The third-order valence-corrected chi connectivity index (χ3v) is 2.69. The van der Waals surface area contributed by atoms with Crippen molar-refractivity contribution >= 4 is 11.6 Å². The number of carbonyl (C=O) groups is 1. The highest BCUT2D eigenvalue weighted by Gasteiger charge is 2.18. The van der Waals surface area contributed by atoms with Crippen LogP contribution in [0.4, 0.5) is 10.1 Å². The van der Waals surface area contributed by atoms with Crippen LogP contribution >= 0.6 is 0 Å². The fourth-order valence-electron chi connectivity index (χ4n) is 2.00. The first-order valence-electron chi connectivity index (χ1n) is 6.46. The number of anilines is 1. The number of nitrogens with zero attached hydrogens (tertiary/aromatic N) is 1. The monoisotopic (exact) mass is 277 g/mol. The predicted molar refractivity (Wildman–Crippen MR) is 76.4 cm³/mol. The van der Waals surface area contributed by atoms with Gasteiger partial charge in [-0.25, -0.2) is 4.39 Å². The lowest BCUT2D eigenvalue weighted by Crippen LogP contribution is -2.31. The fraction of sp³-hybridized carbons (Fsp3) is 0.467. The van der Waals surface area contributed by atoms with Gasteiger partial charge in [-0.05, 0) is 30.0 Å². The van der Waals surface area contributed by atoms with E-state index in [-0.39, 0.29) is 29.3 Å². The van der Waals surface area contributed by atoms with Gasteiger partial charge in [-0.15, -0.1) is 0 Å². The van der Waals surface area contributed by atoms with E-state index < -0.39 is 5.82 Å². The number of nitrogens with one attached hydrogen (secondary N) is 1. The van der Waals surface area contributed by atoms with Crippen LogP contribution in [0.2, 0.25) is 0 Å². The number of nitrogens with two attached hydrogens (primary N) is 1. The van der Waals surface area contributed by atoms with Crippen LogP contribution in [0.15, 0.2) is 18.2 Å². The lowest BCUT2D eigenvalue weighted by Gasteiger charge is -2.22. The van der Waals surface area contributed by atoms with E-state index in [2.05, 4.69) is 26.1 Å². The van der Waals surface area contributed by atoms with Crippen LogP contribution in [0.25, 0.3) is 0 Å². The highest BCUT2D eigenvalue weighted by molar-refractivity contribution is 5.91. The summed E-state index contributed by atoms with van der Waals surface area (Å²) in [5.74, 6) is -0.841. The maximum absolute atomic E-state index is 13.1. The first-order chi connectivity index (χ1) is 9.21. The molecule has 1 atom stereocenters. The van der Waals surface area contributed by atoms with Crippen LogP contribution in [-0.2, 0) is 4.79 Å². The first-order valence-corrected chi connectivity index (χ1v) is 6.46. The summed E-state index contributed by atoms with van der Waals surface area (Å²) in [6.07, 6.45) is 0.920. The van der Waals surface area contributed by atoms with Crippen molar-refractivity contribution in [2.45, 2.75) is 39.7 Å². The molecule has 108 valence electrons. The molecule has 1 aromatic carbocycles. The lowest BCUT2D eigenvalue weighted by molar-refractivity contribution is -0.116. The van der Waals surface area contributed by atoms with Crippen LogP contribution in [-0.4, -0.2) is 11.9 Å². The van der Waals surface area contributed by atoms with Crippen LogP contribution < -0.4 is 11.1 Å². The van der Waals surface area contributed by atoms with Crippen molar-refractivity contribution in [2.75, 3.05) is 5.32 Å². The molecule has 1 unspecified atom stereocenters. The number of hydrogen-bond acceptors (Lipinski definition) is 3. The summed E-state index contributed by atoms with van der Waals surface area (Å²) in [4.78, 5) is 11.8. The third-order valence-electron chi connectivity index (χ3n) is 2.69. The Bertz CT molecular complexity index is 529. The molecule has 3 N–H and O–H groups in total. The molecule has 0 aromatic heterocycles. The number of rotatable bonds is 4. The van der Waals surface area contributed by atoms with Gasteiger partial charge in [-0.2, -0.15) is 5.26 Å². The molecule has 0 bridgehead atoms. The van der Waals surface area contributed by atoms with Crippen LogP contribution in [0.5, 0.6) is 0 Å². The molecule has 0 saturated carbocycles. The SMILES string of the molecule is CC(C)(C)CC(N)CC(=O)Nc1ccc(F)c(C#N)c1. The molecule has 20 heavy (non-hydrogen) atoms. The summed E-state index contributed by atoms with van der Waals surface area (Å²) >= 11 is 0. The van der Waals surface area contributed by atoms with E-state index in [0.717, 1.165) is 12.5 Å². The van der Waals surface area contributed by atoms with Gasteiger partial charge >= 0.3 is 0 Å². The molecule has 0 aliphatic heterocycles. The minimum atomic E-state index is -0.602. The molecule has 1 aromatic rings. The Balaban J connectivity index is 2.61. The zero-order valence-electron chi connectivity index (χ0n) is 12.0. The highest BCUT2D eigenvalue weighted by Crippen LogP contribution is 2.21. The molecule has 0 aliphatic carbocycles. The van der Waals surface area contributed by atoms with Gasteiger partial charge in [0.25, 0.3) is 0 Å². The molecular weight excluding hydrogens is 257 g/mol. The average Bonchev–Trinajstić information content (AvgIpc) is 2.28. The molecule has 0 heterocycles. The second-order valence-corrected chi connectivity index (χ2v) is 6.08. The zero-order valence-corrected chi connectivity index (χ0v) is 12.0. The summed E-state index contributed by atoms with van der Waals surface area (Å²) in [6, 6.07) is 5.38. The summed E-state index contributed by atoms with van der Waals surface area (Å²) in [5, 5.41) is 11.4. The van der Waals surface area contributed by atoms with Gasteiger partial charge in [0.15, 0.2) is 0 Å². The van der Waals surface area contributed by atoms with E-state index in [0.29, 0.717) is 5.69 Å². The Hall–Kier alpha value is -1.93. The Labute approximate surface area is 118 Å². The Morgan fingerprint density at radius 1 is 1.50 bits per heavy atom. The predicted octanol–water partition coefficient (Wildman–Crippen LogP) is 2.79. The standard InChI is InChI=1S/C15H20FN3O/c1-15(2,3)8-11(18)7-14(20)19-12-4-5-13(16)10(6-12)9-17/h4-6,11H,7-8,18H2,1-3H3,(H,19,20). The van der Waals surface area contributed by atoms with Gasteiger partial charge in [0.2, 0.25) is 5.91 Å². The van der Waals surface area contributed by atoms with Crippen molar-refractivity contribution in [1.29, 1.82) is 5.26 Å². The molecule has 0 spiro atoms. The van der Waals surface area contributed by atoms with Crippen molar-refractivity contribution < 1.29 is 9.18 Å². The topological polar surface area (TPSA) is 78.9 Å². The molecule has 0 saturated heterocycles. The van der Waals surface area contributed by atoms with E-state index in [9.17, 15) is 9.18 Å². The van der Waals surface area contributed by atoms with Gasteiger partial charge in [0.1, 0.15) is 11.9 Å². The first kappa shape index (κ1) is 16.1. The van der Waals surface area contributed by atoms with E-state index in [1.165, 1.54) is 12.1 Å². The molecule has 5 heteroatoms. The lowest BCUT2D eigenvalue weighted by atomic mass is 9.87. The van der Waals surface area contributed by atoms with Gasteiger partial charge < -0.3 is 11.1 Å². The average molecular weight is 277 g/mol. The van der Waals surface area contributed by atoms with Gasteiger partial charge in [0.05, 0.1) is 5.56 Å². The molecule has 4 nitrogen and oxygen atoms in total. The number of nitriles is 1. The second kappa shape index (κ2) is 6.49. The number of halogens is 1. The van der Waals surface area contributed by atoms with Crippen LogP contribution in [0.3, 0.4) is 0 Å². The minimum Gasteiger partial charge on any atom is -0.327 e. The van der Waals surface area contributed by atoms with Crippen molar-refractivity contribution in [3.05, 3.63) is 29.6 Å². The molecular formula is C15H20FN3O. The maximum Gasteiger partial charge on any atom is 0.225 e. The minimum absolute atomic E-state index is 0.0591. The van der Waals surface area contributed by atoms with Crippen LogP contribution in [0, 0.1) is 22.6 Å². The molecule has 1 rings (SSSR count). The van der Waals surface area contributed by atoms with Crippen LogP contribution in [0.1, 0.15) is 39.2 Å². The van der Waals surface area contributed by atoms with E-state index >= 15 is 0 Å². The summed E-state index contributed by atoms with van der Waals surface area (Å²) < 4.78 is 13.1. The van der Waals surface area contributed by atoms with E-state index in [1.807, 2.05) is 0 Å². The van der Waals surface area contributed by atoms with Crippen molar-refractivity contribution in [2.24, 2.45) is 11.1 Å². The zero-order chi connectivity index (χ0) is 15.3. The summed E-state index contributed by atoms with van der Waals surface area (Å²) in [5.41, 5.74) is 6.28. The molecule has 0 radical (unpaired) electrons. The normalized spacial score (nSPS) is 12.6. The van der Waals surface area contributed by atoms with Gasteiger partial charge in [-0.1, -0.05) is 20.8 Å². The van der Waals surface area contributed by atoms with Gasteiger partial charge in [-0.3, -0.25) is 4.79 Å².